The number of amides is 1. The Morgan fingerprint density at radius 1 is 1.65 bits per heavy atom. The number of hydrogen-bond donors (Lipinski definition) is 3. The van der Waals surface area contributed by atoms with Gasteiger partial charge in [-0.25, -0.2) is 0 Å². The molecule has 1 amide bonds. The summed E-state index contributed by atoms with van der Waals surface area (Å²) in [6.45, 7) is 6.31. The number of carbonyl (C=O) groups is 1. The van der Waals surface area contributed by atoms with Crippen LogP contribution in [-0.4, -0.2) is 41.9 Å². The lowest BCUT2D eigenvalue weighted by Crippen LogP contribution is -2.80. The Bertz CT molecular complexity index is 332. The maximum atomic E-state index is 12.3. The van der Waals surface area contributed by atoms with E-state index in [0.717, 1.165) is 6.42 Å². The highest BCUT2D eigenvalue weighted by molar-refractivity contribution is 5.89. The number of rotatable bonds is 3. The summed E-state index contributed by atoms with van der Waals surface area (Å²) in [6, 6.07) is -0.264. The molecule has 0 radical (unpaired) electrons. The van der Waals surface area contributed by atoms with E-state index in [1.54, 1.807) is 6.92 Å². The van der Waals surface area contributed by atoms with Gasteiger partial charge in [0.2, 0.25) is 5.91 Å². The van der Waals surface area contributed by atoms with Crippen molar-refractivity contribution in [2.45, 2.75) is 44.9 Å². The molecule has 3 unspecified atom stereocenters. The van der Waals surface area contributed by atoms with Crippen LogP contribution in [-0.2, 0) is 9.53 Å². The topological polar surface area (TPSA) is 84.6 Å². The van der Waals surface area contributed by atoms with Crippen molar-refractivity contribution in [3.05, 3.63) is 0 Å². The standard InChI is InChI=1S/C12H22N2O3/c1-7(6-15)14-10(16)12(13)8-4-5-17-9(8)11(12,2)3/h7-9,15H,4-6,13H2,1-3H3,(H,14,16)/t7-,8?,9?,12?/m0/s1. The molecule has 2 rings (SSSR count). The second-order valence-corrected chi connectivity index (χ2v) is 5.83. The molecule has 5 nitrogen and oxygen atoms in total. The molecule has 5 heteroatoms. The molecule has 17 heavy (non-hydrogen) atoms. The van der Waals surface area contributed by atoms with Crippen LogP contribution in [0.15, 0.2) is 0 Å². The molecule has 0 aromatic heterocycles. The van der Waals surface area contributed by atoms with Crippen LogP contribution in [0.5, 0.6) is 0 Å². The van der Waals surface area contributed by atoms with Gasteiger partial charge in [-0.2, -0.15) is 0 Å². The quantitative estimate of drug-likeness (QED) is 0.630. The number of nitrogens with two attached hydrogens (primary N) is 1. The van der Waals surface area contributed by atoms with E-state index in [1.807, 2.05) is 13.8 Å². The fourth-order valence-corrected chi connectivity index (χ4v) is 3.23. The molecule has 1 aliphatic heterocycles. The van der Waals surface area contributed by atoms with Crippen LogP contribution < -0.4 is 11.1 Å². The van der Waals surface area contributed by atoms with Crippen LogP contribution in [0.25, 0.3) is 0 Å². The first-order chi connectivity index (χ1) is 7.85. The van der Waals surface area contributed by atoms with Gasteiger partial charge in [-0.15, -0.1) is 0 Å². The Morgan fingerprint density at radius 3 is 2.88 bits per heavy atom. The third-order valence-corrected chi connectivity index (χ3v) is 4.48. The van der Waals surface area contributed by atoms with Gasteiger partial charge in [0.25, 0.3) is 0 Å². The zero-order valence-electron chi connectivity index (χ0n) is 10.7. The maximum Gasteiger partial charge on any atom is 0.241 e. The number of hydrogen-bond acceptors (Lipinski definition) is 4. The molecule has 0 bridgehead atoms. The molecule has 4 atom stereocenters. The first-order valence-electron chi connectivity index (χ1n) is 6.18. The molecule has 2 aliphatic rings. The molecule has 2 fully saturated rings. The van der Waals surface area contributed by atoms with Gasteiger partial charge in [-0.3, -0.25) is 4.79 Å². The molecule has 1 saturated heterocycles. The normalized spacial score (nSPS) is 40.3. The largest absolute Gasteiger partial charge is 0.394 e. The molecule has 0 spiro atoms. The summed E-state index contributed by atoms with van der Waals surface area (Å²) >= 11 is 0. The minimum atomic E-state index is -0.877. The Labute approximate surface area is 102 Å². The summed E-state index contributed by atoms with van der Waals surface area (Å²) in [6.07, 6.45) is 0.925. The predicted molar refractivity (Wildman–Crippen MR) is 63.2 cm³/mol. The van der Waals surface area contributed by atoms with Crippen molar-refractivity contribution in [2.24, 2.45) is 17.1 Å². The third kappa shape index (κ3) is 1.53. The van der Waals surface area contributed by atoms with Gasteiger partial charge in [0.1, 0.15) is 5.54 Å². The lowest BCUT2D eigenvalue weighted by molar-refractivity contribution is -0.176. The zero-order chi connectivity index (χ0) is 12.8. The van der Waals surface area contributed by atoms with Gasteiger partial charge >= 0.3 is 0 Å². The third-order valence-electron chi connectivity index (χ3n) is 4.48. The predicted octanol–water partition coefficient (Wildman–Crippen LogP) is -0.374. The van der Waals surface area contributed by atoms with Gasteiger partial charge in [-0.05, 0) is 13.3 Å². The number of nitrogens with one attached hydrogen (secondary N) is 1. The van der Waals surface area contributed by atoms with Gasteiger partial charge in [0.05, 0.1) is 12.7 Å². The summed E-state index contributed by atoms with van der Waals surface area (Å²) < 4.78 is 5.63. The molecule has 1 saturated carbocycles. The number of aliphatic hydroxyl groups is 1. The lowest BCUT2D eigenvalue weighted by atomic mass is 9.48. The van der Waals surface area contributed by atoms with Crippen molar-refractivity contribution in [3.63, 3.8) is 0 Å². The SMILES string of the molecule is C[C@@H](CO)NC(=O)C1(N)C2CCOC2C1(C)C. The van der Waals surface area contributed by atoms with Crippen molar-refractivity contribution in [3.8, 4) is 0 Å². The first kappa shape index (κ1) is 12.8. The average Bonchev–Trinajstić information content (AvgIpc) is 2.75. The molecular formula is C12H22N2O3. The van der Waals surface area contributed by atoms with Crippen LogP contribution in [0, 0.1) is 11.3 Å². The summed E-state index contributed by atoms with van der Waals surface area (Å²) in [5, 5.41) is 11.7. The second-order valence-electron chi connectivity index (χ2n) is 5.83. The fourth-order valence-electron chi connectivity index (χ4n) is 3.23. The minimum absolute atomic E-state index is 0.0765. The van der Waals surface area contributed by atoms with Crippen LogP contribution in [0.1, 0.15) is 27.2 Å². The molecule has 98 valence electrons. The first-order valence-corrected chi connectivity index (χ1v) is 6.18. The van der Waals surface area contributed by atoms with E-state index in [0.29, 0.717) is 6.61 Å². The monoisotopic (exact) mass is 242 g/mol. The zero-order valence-corrected chi connectivity index (χ0v) is 10.7. The van der Waals surface area contributed by atoms with E-state index in [9.17, 15) is 4.79 Å². The van der Waals surface area contributed by atoms with Crippen LogP contribution in [0.2, 0.25) is 0 Å². The number of carbonyl (C=O) groups excluding carboxylic acids is 1. The van der Waals surface area contributed by atoms with Gasteiger partial charge in [-0.1, -0.05) is 13.8 Å². The average molecular weight is 242 g/mol. The van der Waals surface area contributed by atoms with E-state index in [1.165, 1.54) is 0 Å². The molecule has 1 aliphatic carbocycles. The van der Waals surface area contributed by atoms with Crippen molar-refractivity contribution in [2.75, 3.05) is 13.2 Å². The fraction of sp³-hybridized carbons (Fsp3) is 0.917. The molecule has 0 aromatic rings. The minimum Gasteiger partial charge on any atom is -0.394 e. The second kappa shape index (κ2) is 3.93. The molecule has 1 heterocycles. The van der Waals surface area contributed by atoms with Crippen molar-refractivity contribution < 1.29 is 14.6 Å². The van der Waals surface area contributed by atoms with E-state index in [-0.39, 0.29) is 36.0 Å². The summed E-state index contributed by atoms with van der Waals surface area (Å²) in [5.74, 6) is -0.0702. The smallest absolute Gasteiger partial charge is 0.241 e. The van der Waals surface area contributed by atoms with Crippen LogP contribution in [0.3, 0.4) is 0 Å². The molecule has 4 N–H and O–H groups in total. The van der Waals surface area contributed by atoms with E-state index in [4.69, 9.17) is 15.6 Å². The van der Waals surface area contributed by atoms with Crippen LogP contribution >= 0.6 is 0 Å². The van der Waals surface area contributed by atoms with Gasteiger partial charge < -0.3 is 20.9 Å². The number of fused-ring (bicyclic) bond motifs is 1. The van der Waals surface area contributed by atoms with E-state index >= 15 is 0 Å². The van der Waals surface area contributed by atoms with Gasteiger partial charge in [0.15, 0.2) is 0 Å². The summed E-state index contributed by atoms with van der Waals surface area (Å²) in [5.41, 5.74) is 5.11. The Balaban J connectivity index is 2.15. The Morgan fingerprint density at radius 2 is 2.29 bits per heavy atom. The van der Waals surface area contributed by atoms with Gasteiger partial charge in [0, 0.05) is 24.0 Å². The van der Waals surface area contributed by atoms with Crippen molar-refractivity contribution in [1.82, 2.24) is 5.32 Å². The number of aliphatic hydroxyl groups excluding tert-OH is 1. The summed E-state index contributed by atoms with van der Waals surface area (Å²) in [7, 11) is 0. The molecule has 0 aromatic carbocycles. The highest BCUT2D eigenvalue weighted by Crippen LogP contribution is 2.58. The van der Waals surface area contributed by atoms with Crippen molar-refractivity contribution >= 4 is 5.91 Å². The van der Waals surface area contributed by atoms with Crippen molar-refractivity contribution in [1.29, 1.82) is 0 Å². The Hall–Kier alpha value is -0.650. The Kier molecular flexibility index (Phi) is 2.96. The summed E-state index contributed by atoms with van der Waals surface area (Å²) in [4.78, 5) is 12.3. The van der Waals surface area contributed by atoms with E-state index in [2.05, 4.69) is 5.32 Å². The number of ether oxygens (including phenoxy) is 1. The maximum absolute atomic E-state index is 12.3. The van der Waals surface area contributed by atoms with Crippen LogP contribution in [0.4, 0.5) is 0 Å². The highest BCUT2D eigenvalue weighted by atomic mass is 16.5. The van der Waals surface area contributed by atoms with E-state index < -0.39 is 5.54 Å². The molecular weight excluding hydrogens is 220 g/mol. The lowest BCUT2D eigenvalue weighted by Gasteiger charge is -2.60. The highest BCUT2D eigenvalue weighted by Gasteiger charge is 2.71.